The van der Waals surface area contributed by atoms with Crippen molar-refractivity contribution in [3.05, 3.63) is 0 Å². The van der Waals surface area contributed by atoms with Crippen LogP contribution in [0.4, 0.5) is 0 Å². The van der Waals surface area contributed by atoms with Gasteiger partial charge in [-0.15, -0.1) is 0 Å². The molecule has 0 rings (SSSR count). The third-order valence-electron chi connectivity index (χ3n) is 2.32. The van der Waals surface area contributed by atoms with Gasteiger partial charge in [-0.2, -0.15) is 0 Å². The molecule has 0 aliphatic heterocycles. The smallest absolute Gasteiger partial charge is 0.220 e. The van der Waals surface area contributed by atoms with Crippen LogP contribution in [-0.4, -0.2) is 12.5 Å². The van der Waals surface area contributed by atoms with E-state index in [1.165, 1.54) is 25.7 Å². The summed E-state index contributed by atoms with van der Waals surface area (Å²) in [4.78, 5) is 11.4. The average molecular weight is 213 g/mol. The Morgan fingerprint density at radius 3 is 2.20 bits per heavy atom. The maximum Gasteiger partial charge on any atom is 0.220 e. The van der Waals surface area contributed by atoms with E-state index in [0.29, 0.717) is 6.42 Å². The van der Waals surface area contributed by atoms with Crippen LogP contribution in [0.25, 0.3) is 0 Å². The molecule has 90 valence electrons. The molecule has 1 N–H and O–H groups in total. The standard InChI is InChI=1S/C13H27NO/c1-5-6-7-8-9-10-12(15)14-11-13(2,3)4/h5-11H2,1-4H3,(H,14,15). The highest BCUT2D eigenvalue weighted by Gasteiger charge is 2.11. The number of hydrogen-bond donors (Lipinski definition) is 1. The van der Waals surface area contributed by atoms with Crippen molar-refractivity contribution in [1.82, 2.24) is 5.32 Å². The van der Waals surface area contributed by atoms with E-state index in [1.807, 2.05) is 0 Å². The second-order valence-corrected chi connectivity index (χ2v) is 5.50. The number of hydrogen-bond acceptors (Lipinski definition) is 1. The van der Waals surface area contributed by atoms with Crippen LogP contribution in [-0.2, 0) is 4.79 Å². The quantitative estimate of drug-likeness (QED) is 0.644. The normalized spacial score (nSPS) is 11.5. The van der Waals surface area contributed by atoms with Gasteiger partial charge in [0.15, 0.2) is 0 Å². The molecule has 0 atom stereocenters. The van der Waals surface area contributed by atoms with Gasteiger partial charge in [-0.25, -0.2) is 0 Å². The van der Waals surface area contributed by atoms with Crippen molar-refractivity contribution in [3.8, 4) is 0 Å². The van der Waals surface area contributed by atoms with E-state index in [0.717, 1.165) is 13.0 Å². The first-order valence-corrected chi connectivity index (χ1v) is 6.22. The number of amides is 1. The highest BCUT2D eigenvalue weighted by molar-refractivity contribution is 5.75. The van der Waals surface area contributed by atoms with Crippen molar-refractivity contribution in [1.29, 1.82) is 0 Å². The summed E-state index contributed by atoms with van der Waals surface area (Å²) in [6.45, 7) is 9.38. The zero-order valence-electron chi connectivity index (χ0n) is 10.9. The molecule has 0 saturated carbocycles. The summed E-state index contributed by atoms with van der Waals surface area (Å²) in [7, 11) is 0. The lowest BCUT2D eigenvalue weighted by atomic mass is 9.97. The Bertz CT molecular complexity index is 170. The van der Waals surface area contributed by atoms with Crippen LogP contribution >= 0.6 is 0 Å². The van der Waals surface area contributed by atoms with Gasteiger partial charge in [0.1, 0.15) is 0 Å². The molecule has 0 saturated heterocycles. The summed E-state index contributed by atoms with van der Waals surface area (Å²) in [5.74, 6) is 0.210. The summed E-state index contributed by atoms with van der Waals surface area (Å²) in [5.41, 5.74) is 0.192. The predicted octanol–water partition coefficient (Wildman–Crippen LogP) is 3.51. The molecule has 2 heteroatoms. The van der Waals surface area contributed by atoms with E-state index in [2.05, 4.69) is 33.0 Å². The van der Waals surface area contributed by atoms with Crippen LogP contribution in [0.2, 0.25) is 0 Å². The Morgan fingerprint density at radius 1 is 1.07 bits per heavy atom. The maximum atomic E-state index is 11.4. The van der Waals surface area contributed by atoms with Gasteiger partial charge in [-0.05, 0) is 11.8 Å². The molecule has 0 aromatic carbocycles. The molecule has 2 nitrogen and oxygen atoms in total. The van der Waals surface area contributed by atoms with E-state index >= 15 is 0 Å². The van der Waals surface area contributed by atoms with Crippen molar-refractivity contribution in [2.75, 3.05) is 6.54 Å². The fraction of sp³-hybridized carbons (Fsp3) is 0.923. The molecule has 1 amide bonds. The maximum absolute atomic E-state index is 11.4. The van der Waals surface area contributed by atoms with Crippen LogP contribution in [0, 0.1) is 5.41 Å². The molecule has 0 heterocycles. The number of nitrogens with one attached hydrogen (secondary N) is 1. The molecule has 0 unspecified atom stereocenters. The minimum atomic E-state index is 0.192. The Morgan fingerprint density at radius 2 is 1.67 bits per heavy atom. The van der Waals surface area contributed by atoms with Gasteiger partial charge in [0.2, 0.25) is 5.91 Å². The van der Waals surface area contributed by atoms with Crippen molar-refractivity contribution < 1.29 is 4.79 Å². The molecule has 15 heavy (non-hydrogen) atoms. The molecule has 0 bridgehead atoms. The summed E-state index contributed by atoms with van der Waals surface area (Å²) < 4.78 is 0. The lowest BCUT2D eigenvalue weighted by Crippen LogP contribution is -2.31. The third kappa shape index (κ3) is 11.4. The van der Waals surface area contributed by atoms with Gasteiger partial charge in [-0.3, -0.25) is 4.79 Å². The monoisotopic (exact) mass is 213 g/mol. The Balaban J connectivity index is 3.34. The van der Waals surface area contributed by atoms with E-state index in [9.17, 15) is 4.79 Å². The largest absolute Gasteiger partial charge is 0.356 e. The summed E-state index contributed by atoms with van der Waals surface area (Å²) in [6.07, 6.45) is 6.75. The average Bonchev–Trinajstić information content (AvgIpc) is 2.13. The number of carbonyl (C=O) groups excluding carboxylic acids is 1. The van der Waals surface area contributed by atoms with E-state index in [1.54, 1.807) is 0 Å². The van der Waals surface area contributed by atoms with E-state index in [-0.39, 0.29) is 11.3 Å². The fourth-order valence-electron chi connectivity index (χ4n) is 1.34. The van der Waals surface area contributed by atoms with Gasteiger partial charge in [0, 0.05) is 13.0 Å². The Labute approximate surface area is 94.8 Å². The van der Waals surface area contributed by atoms with E-state index in [4.69, 9.17) is 0 Å². The molecule has 0 aromatic heterocycles. The van der Waals surface area contributed by atoms with Crippen LogP contribution < -0.4 is 5.32 Å². The van der Waals surface area contributed by atoms with Crippen molar-refractivity contribution in [3.63, 3.8) is 0 Å². The number of rotatable bonds is 7. The van der Waals surface area contributed by atoms with Crippen LogP contribution in [0.1, 0.15) is 66.2 Å². The van der Waals surface area contributed by atoms with Gasteiger partial charge in [0.25, 0.3) is 0 Å². The van der Waals surface area contributed by atoms with Gasteiger partial charge >= 0.3 is 0 Å². The highest BCUT2D eigenvalue weighted by Crippen LogP contribution is 2.10. The second kappa shape index (κ2) is 7.72. The molecular weight excluding hydrogens is 186 g/mol. The Kier molecular flexibility index (Phi) is 7.45. The minimum Gasteiger partial charge on any atom is -0.356 e. The van der Waals surface area contributed by atoms with Crippen LogP contribution in [0.15, 0.2) is 0 Å². The van der Waals surface area contributed by atoms with Gasteiger partial charge in [-0.1, -0.05) is 53.4 Å². The van der Waals surface area contributed by atoms with Crippen molar-refractivity contribution in [2.45, 2.75) is 66.2 Å². The molecule has 0 fully saturated rings. The highest BCUT2D eigenvalue weighted by atomic mass is 16.1. The Hall–Kier alpha value is -0.530. The van der Waals surface area contributed by atoms with Crippen LogP contribution in [0.5, 0.6) is 0 Å². The molecule has 0 spiro atoms. The topological polar surface area (TPSA) is 29.1 Å². The lowest BCUT2D eigenvalue weighted by Gasteiger charge is -2.18. The number of unbranched alkanes of at least 4 members (excludes halogenated alkanes) is 4. The summed E-state index contributed by atoms with van der Waals surface area (Å²) in [5, 5.41) is 2.97. The minimum absolute atomic E-state index is 0.192. The molecular formula is C13H27NO. The van der Waals surface area contributed by atoms with Gasteiger partial charge < -0.3 is 5.32 Å². The first-order valence-electron chi connectivity index (χ1n) is 6.22. The van der Waals surface area contributed by atoms with Crippen LogP contribution in [0.3, 0.4) is 0 Å². The zero-order chi connectivity index (χ0) is 11.7. The summed E-state index contributed by atoms with van der Waals surface area (Å²) >= 11 is 0. The first kappa shape index (κ1) is 14.5. The van der Waals surface area contributed by atoms with Gasteiger partial charge in [0.05, 0.1) is 0 Å². The zero-order valence-corrected chi connectivity index (χ0v) is 10.9. The molecule has 0 aliphatic carbocycles. The second-order valence-electron chi connectivity index (χ2n) is 5.50. The summed E-state index contributed by atoms with van der Waals surface area (Å²) in [6, 6.07) is 0. The third-order valence-corrected chi connectivity index (χ3v) is 2.32. The first-order chi connectivity index (χ1) is 6.95. The number of carbonyl (C=O) groups is 1. The predicted molar refractivity (Wildman–Crippen MR) is 65.8 cm³/mol. The lowest BCUT2D eigenvalue weighted by molar-refractivity contribution is -0.121. The van der Waals surface area contributed by atoms with Crippen molar-refractivity contribution >= 4 is 5.91 Å². The molecule has 0 aliphatic rings. The SMILES string of the molecule is CCCCCCCC(=O)NCC(C)(C)C. The molecule has 0 radical (unpaired) electrons. The fourth-order valence-corrected chi connectivity index (χ4v) is 1.34. The van der Waals surface area contributed by atoms with E-state index < -0.39 is 0 Å². The molecule has 0 aromatic rings. The van der Waals surface area contributed by atoms with Crippen molar-refractivity contribution in [2.24, 2.45) is 5.41 Å².